The molecule has 0 amide bonds. The van der Waals surface area contributed by atoms with Crippen LogP contribution in [0.15, 0.2) is 24.3 Å². The van der Waals surface area contributed by atoms with Gasteiger partial charge in [-0.1, -0.05) is 17.5 Å². The molecule has 0 bridgehead atoms. The minimum atomic E-state index is -0.0471. The lowest BCUT2D eigenvalue weighted by Gasteiger charge is -1.95. The van der Waals surface area contributed by atoms with E-state index in [1.807, 2.05) is 0 Å². The van der Waals surface area contributed by atoms with Crippen molar-refractivity contribution in [2.75, 3.05) is 0 Å². The van der Waals surface area contributed by atoms with Crippen LogP contribution in [-0.4, -0.2) is 5.78 Å². The van der Waals surface area contributed by atoms with Crippen molar-refractivity contribution in [2.45, 2.75) is 6.42 Å². The summed E-state index contributed by atoms with van der Waals surface area (Å²) in [5.41, 5.74) is 0.609. The summed E-state index contributed by atoms with van der Waals surface area (Å²) in [4.78, 5) is 11.2. The Balaban J connectivity index is 2.84. The first-order valence-electron chi connectivity index (χ1n) is 3.46. The van der Waals surface area contributed by atoms with Crippen LogP contribution >= 0.6 is 11.6 Å². The number of rotatable bonds is 2. The Morgan fingerprint density at radius 1 is 1.42 bits per heavy atom. The van der Waals surface area contributed by atoms with Crippen LogP contribution in [0.3, 0.4) is 0 Å². The first-order valence-corrected chi connectivity index (χ1v) is 3.84. The first-order chi connectivity index (χ1) is 5.74. The SMILES string of the molecule is C#CCC(=O)c1ccc(Cl)cc1. The van der Waals surface area contributed by atoms with Gasteiger partial charge < -0.3 is 0 Å². The first kappa shape index (κ1) is 8.83. The standard InChI is InChI=1S/C10H7ClO/c1-2-3-10(12)8-4-6-9(11)7-5-8/h1,4-7H,3H2. The molecule has 60 valence electrons. The Morgan fingerprint density at radius 2 is 2.00 bits per heavy atom. The van der Waals surface area contributed by atoms with Crippen molar-refractivity contribution >= 4 is 17.4 Å². The minimum absolute atomic E-state index is 0.0471. The summed E-state index contributed by atoms with van der Waals surface area (Å²) in [6.45, 7) is 0. The van der Waals surface area contributed by atoms with Crippen LogP contribution in [0.2, 0.25) is 5.02 Å². The molecule has 0 aliphatic carbocycles. The molecule has 1 aromatic rings. The van der Waals surface area contributed by atoms with Gasteiger partial charge in [-0.2, -0.15) is 0 Å². The third-order valence-electron chi connectivity index (χ3n) is 1.43. The predicted octanol–water partition coefficient (Wildman–Crippen LogP) is 2.55. The molecular weight excluding hydrogens is 172 g/mol. The molecule has 0 aliphatic rings. The third kappa shape index (κ3) is 2.11. The number of carbonyl (C=O) groups is 1. The van der Waals surface area contributed by atoms with Crippen LogP contribution < -0.4 is 0 Å². The molecule has 0 aliphatic heterocycles. The molecule has 0 saturated carbocycles. The summed E-state index contributed by atoms with van der Waals surface area (Å²) >= 11 is 5.64. The van der Waals surface area contributed by atoms with Gasteiger partial charge in [0.2, 0.25) is 0 Å². The molecule has 0 heterocycles. The van der Waals surface area contributed by atoms with Gasteiger partial charge in [-0.25, -0.2) is 0 Å². The second-order valence-electron chi connectivity index (χ2n) is 2.31. The van der Waals surface area contributed by atoms with E-state index in [2.05, 4.69) is 5.92 Å². The van der Waals surface area contributed by atoms with E-state index in [1.54, 1.807) is 24.3 Å². The molecule has 0 N–H and O–H groups in total. The zero-order valence-electron chi connectivity index (χ0n) is 6.38. The molecule has 12 heavy (non-hydrogen) atoms. The number of halogens is 1. The van der Waals surface area contributed by atoms with E-state index in [4.69, 9.17) is 18.0 Å². The summed E-state index contributed by atoms with van der Waals surface area (Å²) in [5, 5.41) is 0.618. The monoisotopic (exact) mass is 178 g/mol. The molecule has 0 radical (unpaired) electrons. The predicted molar refractivity (Wildman–Crippen MR) is 49.2 cm³/mol. The Bertz CT molecular complexity index is 319. The Morgan fingerprint density at radius 3 is 2.50 bits per heavy atom. The van der Waals surface area contributed by atoms with Crippen LogP contribution in [0.1, 0.15) is 16.8 Å². The highest BCUT2D eigenvalue weighted by Crippen LogP contribution is 2.10. The fourth-order valence-electron chi connectivity index (χ4n) is 0.831. The topological polar surface area (TPSA) is 17.1 Å². The number of ketones is 1. The number of hydrogen-bond donors (Lipinski definition) is 0. The lowest BCUT2D eigenvalue weighted by atomic mass is 10.1. The average molecular weight is 179 g/mol. The van der Waals surface area contributed by atoms with Crippen LogP contribution in [0, 0.1) is 12.3 Å². The fourth-order valence-corrected chi connectivity index (χ4v) is 0.957. The number of carbonyl (C=O) groups excluding carboxylic acids is 1. The van der Waals surface area contributed by atoms with Gasteiger partial charge in [0.25, 0.3) is 0 Å². The highest BCUT2D eigenvalue weighted by Gasteiger charge is 2.02. The van der Waals surface area contributed by atoms with Gasteiger partial charge in [0.05, 0.1) is 6.42 Å². The van der Waals surface area contributed by atoms with Crippen molar-refractivity contribution in [1.29, 1.82) is 0 Å². The summed E-state index contributed by atoms with van der Waals surface area (Å²) in [6, 6.07) is 6.68. The van der Waals surface area contributed by atoms with Crippen LogP contribution in [0.5, 0.6) is 0 Å². The van der Waals surface area contributed by atoms with Gasteiger partial charge in [-0.05, 0) is 24.3 Å². The number of Topliss-reactive ketones (excluding diaryl/α,β-unsaturated/α-hetero) is 1. The molecule has 0 unspecified atom stereocenters. The summed E-state index contributed by atoms with van der Waals surface area (Å²) in [5.74, 6) is 2.25. The van der Waals surface area contributed by atoms with Gasteiger partial charge in [-0.15, -0.1) is 6.42 Å². The maximum absolute atomic E-state index is 11.2. The van der Waals surface area contributed by atoms with Crippen LogP contribution in [0.4, 0.5) is 0 Å². The molecular formula is C10H7ClO. The Hall–Kier alpha value is -1.26. The lowest BCUT2D eigenvalue weighted by molar-refractivity contribution is 0.0998. The number of hydrogen-bond acceptors (Lipinski definition) is 1. The van der Waals surface area contributed by atoms with E-state index in [1.165, 1.54) is 0 Å². The van der Waals surface area contributed by atoms with Crippen molar-refractivity contribution in [3.05, 3.63) is 34.9 Å². The quantitative estimate of drug-likeness (QED) is 0.503. The highest BCUT2D eigenvalue weighted by molar-refractivity contribution is 6.30. The van der Waals surface area contributed by atoms with E-state index in [9.17, 15) is 4.79 Å². The lowest BCUT2D eigenvalue weighted by Crippen LogP contribution is -1.95. The van der Waals surface area contributed by atoms with E-state index >= 15 is 0 Å². The molecule has 0 saturated heterocycles. The molecule has 2 heteroatoms. The van der Waals surface area contributed by atoms with Gasteiger partial charge in [0, 0.05) is 10.6 Å². The summed E-state index contributed by atoms with van der Waals surface area (Å²) < 4.78 is 0. The zero-order valence-corrected chi connectivity index (χ0v) is 7.14. The molecule has 0 atom stereocenters. The highest BCUT2D eigenvalue weighted by atomic mass is 35.5. The van der Waals surface area contributed by atoms with E-state index in [0.717, 1.165) is 0 Å². The van der Waals surface area contributed by atoms with Crippen molar-refractivity contribution in [1.82, 2.24) is 0 Å². The zero-order chi connectivity index (χ0) is 8.97. The second-order valence-corrected chi connectivity index (χ2v) is 2.75. The van der Waals surface area contributed by atoms with Crippen molar-refractivity contribution in [2.24, 2.45) is 0 Å². The van der Waals surface area contributed by atoms with Gasteiger partial charge in [0.15, 0.2) is 5.78 Å². The largest absolute Gasteiger partial charge is 0.293 e. The molecule has 1 rings (SSSR count). The van der Waals surface area contributed by atoms with Gasteiger partial charge in [0.1, 0.15) is 0 Å². The second kappa shape index (κ2) is 3.94. The Kier molecular flexibility index (Phi) is 2.90. The van der Waals surface area contributed by atoms with E-state index in [0.29, 0.717) is 10.6 Å². The minimum Gasteiger partial charge on any atom is -0.293 e. The molecule has 0 spiro atoms. The van der Waals surface area contributed by atoms with Crippen molar-refractivity contribution in [3.63, 3.8) is 0 Å². The molecule has 0 fully saturated rings. The van der Waals surface area contributed by atoms with E-state index < -0.39 is 0 Å². The van der Waals surface area contributed by atoms with Crippen LogP contribution in [0.25, 0.3) is 0 Å². The molecule has 0 aromatic heterocycles. The normalized spacial score (nSPS) is 9.00. The van der Waals surface area contributed by atoms with E-state index in [-0.39, 0.29) is 12.2 Å². The average Bonchev–Trinajstić information content (AvgIpc) is 2.06. The smallest absolute Gasteiger partial charge is 0.174 e. The number of benzene rings is 1. The summed E-state index contributed by atoms with van der Waals surface area (Å²) in [6.07, 6.45) is 5.14. The van der Waals surface area contributed by atoms with Gasteiger partial charge in [-0.3, -0.25) is 4.79 Å². The van der Waals surface area contributed by atoms with Gasteiger partial charge >= 0.3 is 0 Å². The number of terminal acetylenes is 1. The third-order valence-corrected chi connectivity index (χ3v) is 1.68. The molecule has 1 aromatic carbocycles. The van der Waals surface area contributed by atoms with Crippen molar-refractivity contribution < 1.29 is 4.79 Å². The maximum atomic E-state index is 11.2. The summed E-state index contributed by atoms with van der Waals surface area (Å²) in [7, 11) is 0. The van der Waals surface area contributed by atoms with Crippen molar-refractivity contribution in [3.8, 4) is 12.3 Å². The Labute approximate surface area is 76.4 Å². The van der Waals surface area contributed by atoms with Crippen LogP contribution in [-0.2, 0) is 0 Å². The molecule has 1 nitrogen and oxygen atoms in total. The maximum Gasteiger partial charge on any atom is 0.174 e. The fraction of sp³-hybridized carbons (Fsp3) is 0.100.